The lowest BCUT2D eigenvalue weighted by Crippen LogP contribution is -2.34. The van der Waals surface area contributed by atoms with E-state index in [-0.39, 0.29) is 11.8 Å². The summed E-state index contributed by atoms with van der Waals surface area (Å²) in [7, 11) is 0. The summed E-state index contributed by atoms with van der Waals surface area (Å²) >= 11 is 0. The zero-order valence-electron chi connectivity index (χ0n) is 13.8. The smallest absolute Gasteiger partial charge is 0.223 e. The van der Waals surface area contributed by atoms with Gasteiger partial charge in [-0.2, -0.15) is 0 Å². The van der Waals surface area contributed by atoms with Crippen molar-refractivity contribution >= 4 is 11.7 Å². The van der Waals surface area contributed by atoms with Crippen LogP contribution in [-0.4, -0.2) is 33.9 Å². The molecule has 0 aromatic carbocycles. The minimum atomic E-state index is 0.0323. The number of carbonyl (C=O) groups excluding carboxylic acids is 1. The van der Waals surface area contributed by atoms with Crippen LogP contribution in [0.2, 0.25) is 0 Å². The standard InChI is InChI=1S/C18H23N5O/c24-18(13-5-6-15-16(10-13)22-12-21-15)20-11-14-4-3-7-19-17(14)23-8-1-2-9-23/h3-4,7,12-13H,1-2,5-6,8-11H2,(H,20,24)(H,21,22)/t13-/m1/s1. The van der Waals surface area contributed by atoms with Gasteiger partial charge in [-0.1, -0.05) is 6.07 Å². The Bertz CT molecular complexity index is 720. The van der Waals surface area contributed by atoms with Crippen LogP contribution in [0.5, 0.6) is 0 Å². The third-order valence-electron chi connectivity index (χ3n) is 5.08. The minimum absolute atomic E-state index is 0.0323. The number of H-pyrrole nitrogens is 1. The van der Waals surface area contributed by atoms with Crippen molar-refractivity contribution < 1.29 is 4.79 Å². The van der Waals surface area contributed by atoms with Crippen LogP contribution in [0.1, 0.15) is 36.2 Å². The van der Waals surface area contributed by atoms with E-state index in [2.05, 4.69) is 31.2 Å². The molecule has 0 saturated carbocycles. The fourth-order valence-electron chi connectivity index (χ4n) is 3.73. The summed E-state index contributed by atoms with van der Waals surface area (Å²) in [5.41, 5.74) is 3.33. The van der Waals surface area contributed by atoms with Crippen LogP contribution >= 0.6 is 0 Å². The van der Waals surface area contributed by atoms with Crippen molar-refractivity contribution in [2.75, 3.05) is 18.0 Å². The number of carbonyl (C=O) groups is 1. The van der Waals surface area contributed by atoms with Crippen LogP contribution in [0.4, 0.5) is 5.82 Å². The molecule has 4 rings (SSSR count). The highest BCUT2D eigenvalue weighted by Crippen LogP contribution is 2.24. The van der Waals surface area contributed by atoms with Gasteiger partial charge < -0.3 is 15.2 Å². The largest absolute Gasteiger partial charge is 0.356 e. The number of aromatic nitrogens is 3. The maximum atomic E-state index is 12.6. The molecule has 24 heavy (non-hydrogen) atoms. The molecule has 1 aliphatic heterocycles. The van der Waals surface area contributed by atoms with Gasteiger partial charge >= 0.3 is 0 Å². The molecule has 6 nitrogen and oxygen atoms in total. The predicted molar refractivity (Wildman–Crippen MR) is 91.6 cm³/mol. The zero-order valence-corrected chi connectivity index (χ0v) is 13.8. The summed E-state index contributed by atoms with van der Waals surface area (Å²) in [5.74, 6) is 1.19. The Kier molecular flexibility index (Phi) is 4.19. The molecule has 0 unspecified atom stereocenters. The van der Waals surface area contributed by atoms with Gasteiger partial charge in [-0.3, -0.25) is 4.79 Å². The first-order chi connectivity index (χ1) is 11.8. The molecule has 0 bridgehead atoms. The number of aromatic amines is 1. The molecule has 2 aliphatic rings. The van der Waals surface area contributed by atoms with Gasteiger partial charge in [-0.25, -0.2) is 9.97 Å². The highest BCUT2D eigenvalue weighted by molar-refractivity contribution is 5.79. The Morgan fingerprint density at radius 2 is 2.21 bits per heavy atom. The van der Waals surface area contributed by atoms with Crippen molar-refractivity contribution in [2.45, 2.75) is 38.6 Å². The zero-order chi connectivity index (χ0) is 16.4. The van der Waals surface area contributed by atoms with Gasteiger partial charge in [0, 0.05) is 49.4 Å². The summed E-state index contributed by atoms with van der Waals surface area (Å²) in [6.07, 6.45) is 8.50. The van der Waals surface area contributed by atoms with E-state index in [0.717, 1.165) is 55.1 Å². The van der Waals surface area contributed by atoms with Gasteiger partial charge in [-0.15, -0.1) is 0 Å². The van der Waals surface area contributed by atoms with Crippen LogP contribution in [0.25, 0.3) is 0 Å². The normalized spacial score (nSPS) is 20.0. The number of nitrogens with one attached hydrogen (secondary N) is 2. The molecule has 3 heterocycles. The van der Waals surface area contributed by atoms with Gasteiger partial charge in [0.15, 0.2) is 0 Å². The monoisotopic (exact) mass is 325 g/mol. The lowest BCUT2D eigenvalue weighted by Gasteiger charge is -2.22. The average molecular weight is 325 g/mol. The number of pyridine rings is 1. The van der Waals surface area contributed by atoms with Gasteiger partial charge in [-0.05, 0) is 31.7 Å². The number of nitrogens with zero attached hydrogens (tertiary/aromatic N) is 3. The van der Waals surface area contributed by atoms with E-state index < -0.39 is 0 Å². The van der Waals surface area contributed by atoms with E-state index in [9.17, 15) is 4.79 Å². The number of aryl methyl sites for hydroxylation is 1. The summed E-state index contributed by atoms with van der Waals surface area (Å²) in [4.78, 5) is 26.9. The van der Waals surface area contributed by atoms with Crippen molar-refractivity contribution in [3.63, 3.8) is 0 Å². The molecule has 1 saturated heterocycles. The topological polar surface area (TPSA) is 73.9 Å². The number of rotatable bonds is 4. The first-order valence-electron chi connectivity index (χ1n) is 8.79. The molecular weight excluding hydrogens is 302 g/mol. The van der Waals surface area contributed by atoms with Gasteiger partial charge in [0.2, 0.25) is 5.91 Å². The van der Waals surface area contributed by atoms with E-state index in [1.165, 1.54) is 12.8 Å². The van der Waals surface area contributed by atoms with Crippen molar-refractivity contribution in [3.8, 4) is 0 Å². The first-order valence-corrected chi connectivity index (χ1v) is 8.79. The number of hydrogen-bond acceptors (Lipinski definition) is 4. The summed E-state index contributed by atoms with van der Waals surface area (Å²) < 4.78 is 0. The van der Waals surface area contributed by atoms with Crippen molar-refractivity contribution in [1.82, 2.24) is 20.3 Å². The summed E-state index contributed by atoms with van der Waals surface area (Å²) in [6, 6.07) is 4.01. The Morgan fingerprint density at radius 1 is 1.33 bits per heavy atom. The van der Waals surface area contributed by atoms with Crippen molar-refractivity contribution in [1.29, 1.82) is 0 Å². The number of fused-ring (bicyclic) bond motifs is 1. The third-order valence-corrected chi connectivity index (χ3v) is 5.08. The second kappa shape index (κ2) is 6.63. The molecular formula is C18H23N5O. The quantitative estimate of drug-likeness (QED) is 0.899. The number of hydrogen-bond donors (Lipinski definition) is 2. The number of anilines is 1. The molecule has 2 aromatic rings. The van der Waals surface area contributed by atoms with E-state index in [0.29, 0.717) is 6.54 Å². The van der Waals surface area contributed by atoms with Crippen LogP contribution < -0.4 is 10.2 Å². The molecule has 2 N–H and O–H groups in total. The van der Waals surface area contributed by atoms with Crippen LogP contribution in [0.15, 0.2) is 24.7 Å². The van der Waals surface area contributed by atoms with Gasteiger partial charge in [0.05, 0.1) is 12.0 Å². The number of amides is 1. The molecule has 1 fully saturated rings. The Balaban J connectivity index is 1.39. The Morgan fingerprint density at radius 3 is 3.08 bits per heavy atom. The molecule has 1 aliphatic carbocycles. The Hall–Kier alpha value is -2.37. The summed E-state index contributed by atoms with van der Waals surface area (Å²) in [5, 5.41) is 3.12. The van der Waals surface area contributed by atoms with Crippen molar-refractivity contribution in [3.05, 3.63) is 41.6 Å². The highest BCUT2D eigenvalue weighted by Gasteiger charge is 2.26. The van der Waals surface area contributed by atoms with E-state index in [1.807, 2.05) is 12.3 Å². The molecule has 0 spiro atoms. The first kappa shape index (κ1) is 15.2. The van der Waals surface area contributed by atoms with Crippen LogP contribution in [0.3, 0.4) is 0 Å². The molecule has 0 radical (unpaired) electrons. The van der Waals surface area contributed by atoms with E-state index in [1.54, 1.807) is 6.33 Å². The highest BCUT2D eigenvalue weighted by atomic mass is 16.1. The van der Waals surface area contributed by atoms with Crippen molar-refractivity contribution in [2.24, 2.45) is 5.92 Å². The maximum absolute atomic E-state index is 12.6. The molecule has 126 valence electrons. The van der Waals surface area contributed by atoms with Gasteiger partial charge in [0.1, 0.15) is 5.82 Å². The SMILES string of the molecule is O=C(NCc1cccnc1N1CCCC1)[C@@H]1CCc2nc[nH]c2C1. The van der Waals surface area contributed by atoms with E-state index >= 15 is 0 Å². The lowest BCUT2D eigenvalue weighted by atomic mass is 9.89. The fraction of sp³-hybridized carbons (Fsp3) is 0.500. The molecule has 2 aromatic heterocycles. The minimum Gasteiger partial charge on any atom is -0.356 e. The van der Waals surface area contributed by atoms with Crippen LogP contribution in [0, 0.1) is 5.92 Å². The lowest BCUT2D eigenvalue weighted by molar-refractivity contribution is -0.125. The Labute approximate surface area is 141 Å². The van der Waals surface area contributed by atoms with E-state index in [4.69, 9.17) is 0 Å². The summed E-state index contributed by atoms with van der Waals surface area (Å²) in [6.45, 7) is 2.66. The molecule has 1 atom stereocenters. The third kappa shape index (κ3) is 3.00. The average Bonchev–Trinajstić information content (AvgIpc) is 3.30. The second-order valence-corrected chi connectivity index (χ2v) is 6.67. The predicted octanol–water partition coefficient (Wildman–Crippen LogP) is 1.83. The van der Waals surface area contributed by atoms with Gasteiger partial charge in [0.25, 0.3) is 0 Å². The molecule has 6 heteroatoms. The second-order valence-electron chi connectivity index (χ2n) is 6.67. The molecule has 1 amide bonds. The fourth-order valence-corrected chi connectivity index (χ4v) is 3.73. The number of imidazole rings is 1. The maximum Gasteiger partial charge on any atom is 0.223 e. The van der Waals surface area contributed by atoms with Crippen LogP contribution in [-0.2, 0) is 24.2 Å².